The summed E-state index contributed by atoms with van der Waals surface area (Å²) in [4.78, 5) is 4.84. The van der Waals surface area contributed by atoms with Crippen molar-refractivity contribution in [1.82, 2.24) is 15.1 Å². The molecule has 0 saturated carbocycles. The third-order valence-corrected chi connectivity index (χ3v) is 4.46. The van der Waals surface area contributed by atoms with Gasteiger partial charge in [0.1, 0.15) is 5.76 Å². The lowest BCUT2D eigenvalue weighted by Crippen LogP contribution is -2.37. The second-order valence-corrected chi connectivity index (χ2v) is 6.37. The van der Waals surface area contributed by atoms with Crippen LogP contribution in [-0.2, 0) is 0 Å². The number of nitrogens with one attached hydrogen (secondary N) is 1. The third kappa shape index (κ3) is 5.13. The average Bonchev–Trinajstić information content (AvgIpc) is 2.88. The van der Waals surface area contributed by atoms with Gasteiger partial charge in [-0.1, -0.05) is 6.92 Å². The van der Waals surface area contributed by atoms with Crippen LogP contribution < -0.4 is 5.32 Å². The van der Waals surface area contributed by atoms with Gasteiger partial charge in [-0.3, -0.25) is 4.90 Å². The summed E-state index contributed by atoms with van der Waals surface area (Å²) in [6.45, 7) is 6.98. The Bertz CT molecular complexity index is 377. The minimum Gasteiger partial charge on any atom is -0.468 e. The van der Waals surface area contributed by atoms with Crippen molar-refractivity contribution in [1.29, 1.82) is 0 Å². The predicted octanol–water partition coefficient (Wildman–Crippen LogP) is 2.74. The molecule has 0 amide bonds. The van der Waals surface area contributed by atoms with Crippen molar-refractivity contribution in [3.63, 3.8) is 0 Å². The zero-order valence-electron chi connectivity index (χ0n) is 13.8. The molecule has 1 saturated heterocycles. The zero-order valence-corrected chi connectivity index (χ0v) is 13.8. The number of likely N-dealkylation sites (tertiary alicyclic amines) is 1. The highest BCUT2D eigenvalue weighted by Crippen LogP contribution is 2.19. The summed E-state index contributed by atoms with van der Waals surface area (Å²) in [5.74, 6) is 1.05. The van der Waals surface area contributed by atoms with Crippen molar-refractivity contribution in [2.75, 3.05) is 40.3 Å². The van der Waals surface area contributed by atoms with Crippen LogP contribution in [0.15, 0.2) is 22.8 Å². The second kappa shape index (κ2) is 8.57. The molecular weight excluding hydrogens is 262 g/mol. The summed E-state index contributed by atoms with van der Waals surface area (Å²) in [6.07, 6.45) is 6.89. The van der Waals surface area contributed by atoms with Gasteiger partial charge in [0.05, 0.1) is 12.3 Å². The van der Waals surface area contributed by atoms with Gasteiger partial charge in [0, 0.05) is 12.6 Å². The van der Waals surface area contributed by atoms with E-state index in [0.717, 1.165) is 12.3 Å². The number of nitrogens with zero attached hydrogens (tertiary/aromatic N) is 2. The van der Waals surface area contributed by atoms with Gasteiger partial charge in [0.15, 0.2) is 0 Å². The monoisotopic (exact) mass is 293 g/mol. The van der Waals surface area contributed by atoms with E-state index in [1.54, 1.807) is 6.26 Å². The highest BCUT2D eigenvalue weighted by atomic mass is 16.3. The highest BCUT2D eigenvalue weighted by Gasteiger charge is 2.20. The Morgan fingerprint density at radius 2 is 2.24 bits per heavy atom. The maximum absolute atomic E-state index is 5.58. The van der Waals surface area contributed by atoms with Gasteiger partial charge in [-0.2, -0.15) is 0 Å². The summed E-state index contributed by atoms with van der Waals surface area (Å²) in [6, 6.07) is 5.00. The maximum atomic E-state index is 5.58. The summed E-state index contributed by atoms with van der Waals surface area (Å²) in [5.41, 5.74) is 0. The standard InChI is InChI=1S/C17H31N3O/c1-4-10-20-11-5-7-15(9-12-20)18-14-16(19(2)3)17-8-6-13-21-17/h6,8,13,15-16,18H,4-5,7,9-12,14H2,1-3H3. The van der Waals surface area contributed by atoms with E-state index in [1.807, 2.05) is 6.07 Å². The molecule has 21 heavy (non-hydrogen) atoms. The van der Waals surface area contributed by atoms with Crippen LogP contribution in [0.1, 0.15) is 44.4 Å². The number of hydrogen-bond donors (Lipinski definition) is 1. The topological polar surface area (TPSA) is 31.6 Å². The molecule has 2 rings (SSSR count). The van der Waals surface area contributed by atoms with Crippen LogP contribution >= 0.6 is 0 Å². The van der Waals surface area contributed by atoms with Gasteiger partial charge >= 0.3 is 0 Å². The van der Waals surface area contributed by atoms with E-state index >= 15 is 0 Å². The molecule has 1 aliphatic heterocycles. The quantitative estimate of drug-likeness (QED) is 0.837. The molecule has 0 bridgehead atoms. The molecule has 0 aromatic carbocycles. The molecule has 2 heterocycles. The molecule has 4 heteroatoms. The maximum Gasteiger partial charge on any atom is 0.122 e. The number of hydrogen-bond acceptors (Lipinski definition) is 4. The van der Waals surface area contributed by atoms with Crippen molar-refractivity contribution in [3.8, 4) is 0 Å². The van der Waals surface area contributed by atoms with E-state index in [1.165, 1.54) is 45.3 Å². The van der Waals surface area contributed by atoms with Gasteiger partial charge in [0.25, 0.3) is 0 Å². The number of rotatable bonds is 7. The molecule has 0 radical (unpaired) electrons. The fourth-order valence-electron chi connectivity index (χ4n) is 3.20. The van der Waals surface area contributed by atoms with E-state index in [-0.39, 0.29) is 0 Å². The Morgan fingerprint density at radius 1 is 1.38 bits per heavy atom. The zero-order chi connectivity index (χ0) is 15.1. The Balaban J connectivity index is 1.81. The molecule has 2 atom stereocenters. The first kappa shape index (κ1) is 16.5. The fourth-order valence-corrected chi connectivity index (χ4v) is 3.20. The molecule has 1 aromatic rings. The molecular formula is C17H31N3O. The lowest BCUT2D eigenvalue weighted by Gasteiger charge is -2.26. The van der Waals surface area contributed by atoms with Gasteiger partial charge in [-0.25, -0.2) is 0 Å². The third-order valence-electron chi connectivity index (χ3n) is 4.46. The van der Waals surface area contributed by atoms with E-state index < -0.39 is 0 Å². The first-order valence-electron chi connectivity index (χ1n) is 8.36. The predicted molar refractivity (Wildman–Crippen MR) is 87.5 cm³/mol. The van der Waals surface area contributed by atoms with Crippen molar-refractivity contribution in [2.24, 2.45) is 0 Å². The van der Waals surface area contributed by atoms with Gasteiger partial charge in [-0.15, -0.1) is 0 Å². The van der Waals surface area contributed by atoms with Crippen LogP contribution in [0.3, 0.4) is 0 Å². The molecule has 1 aliphatic rings. The van der Waals surface area contributed by atoms with E-state index in [4.69, 9.17) is 4.42 Å². The van der Waals surface area contributed by atoms with E-state index in [2.05, 4.69) is 42.2 Å². The minimum absolute atomic E-state index is 0.315. The Hall–Kier alpha value is -0.840. The van der Waals surface area contributed by atoms with Gasteiger partial charge in [-0.05, 0) is 71.5 Å². The number of furan rings is 1. The molecule has 4 nitrogen and oxygen atoms in total. The Labute approximate surface area is 129 Å². The molecule has 0 aliphatic carbocycles. The largest absolute Gasteiger partial charge is 0.468 e. The van der Waals surface area contributed by atoms with Crippen molar-refractivity contribution >= 4 is 0 Å². The average molecular weight is 293 g/mol. The summed E-state index contributed by atoms with van der Waals surface area (Å²) < 4.78 is 5.58. The number of likely N-dealkylation sites (N-methyl/N-ethyl adjacent to an activating group) is 1. The van der Waals surface area contributed by atoms with Gasteiger partial charge < -0.3 is 14.6 Å². The summed E-state index contributed by atoms with van der Waals surface area (Å²) >= 11 is 0. The van der Waals surface area contributed by atoms with Crippen LogP contribution in [0, 0.1) is 0 Å². The normalized spacial score (nSPS) is 22.4. The molecule has 1 N–H and O–H groups in total. The summed E-state index contributed by atoms with van der Waals surface area (Å²) in [5, 5.41) is 3.77. The van der Waals surface area contributed by atoms with Crippen molar-refractivity contribution in [2.45, 2.75) is 44.7 Å². The highest BCUT2D eigenvalue weighted by molar-refractivity contribution is 5.05. The van der Waals surface area contributed by atoms with Crippen LogP contribution in [0.5, 0.6) is 0 Å². The molecule has 120 valence electrons. The molecule has 1 aromatic heterocycles. The van der Waals surface area contributed by atoms with Crippen LogP contribution in [0.2, 0.25) is 0 Å². The fraction of sp³-hybridized carbons (Fsp3) is 0.765. The molecule has 0 spiro atoms. The van der Waals surface area contributed by atoms with Crippen molar-refractivity contribution in [3.05, 3.63) is 24.2 Å². The lowest BCUT2D eigenvalue weighted by atomic mass is 10.1. The minimum atomic E-state index is 0.315. The first-order valence-corrected chi connectivity index (χ1v) is 8.36. The van der Waals surface area contributed by atoms with E-state index in [9.17, 15) is 0 Å². The van der Waals surface area contributed by atoms with Crippen LogP contribution in [0.25, 0.3) is 0 Å². The lowest BCUT2D eigenvalue weighted by molar-refractivity contribution is 0.239. The first-order chi connectivity index (χ1) is 10.2. The van der Waals surface area contributed by atoms with Crippen molar-refractivity contribution < 1.29 is 4.42 Å². The molecule has 1 fully saturated rings. The SMILES string of the molecule is CCCN1CCCC(NCC(c2ccco2)N(C)C)CC1. The van der Waals surface area contributed by atoms with Gasteiger partial charge in [0.2, 0.25) is 0 Å². The Kier molecular flexibility index (Phi) is 6.74. The van der Waals surface area contributed by atoms with Crippen LogP contribution in [-0.4, -0.2) is 56.1 Å². The smallest absolute Gasteiger partial charge is 0.122 e. The van der Waals surface area contributed by atoms with E-state index in [0.29, 0.717) is 12.1 Å². The van der Waals surface area contributed by atoms with Crippen LogP contribution in [0.4, 0.5) is 0 Å². The summed E-state index contributed by atoms with van der Waals surface area (Å²) in [7, 11) is 4.23. The second-order valence-electron chi connectivity index (χ2n) is 6.37. The molecule has 2 unspecified atom stereocenters. The Morgan fingerprint density at radius 3 is 2.90 bits per heavy atom.